The summed E-state index contributed by atoms with van der Waals surface area (Å²) in [5.41, 5.74) is 7.09. The van der Waals surface area contributed by atoms with Gasteiger partial charge >= 0.3 is 0 Å². The maximum absolute atomic E-state index is 14.0. The first kappa shape index (κ1) is 31.0. The minimum absolute atomic E-state index is 0.0230. The number of benzene rings is 2. The highest BCUT2D eigenvalue weighted by atomic mass is 79.9. The van der Waals surface area contributed by atoms with Gasteiger partial charge in [-0.2, -0.15) is 0 Å². The molecule has 2 atom stereocenters. The van der Waals surface area contributed by atoms with Crippen LogP contribution in [-0.2, 0) is 30.7 Å². The molecule has 0 radical (unpaired) electrons. The molecule has 1 saturated heterocycles. The number of halogens is 2. The van der Waals surface area contributed by atoms with Crippen LogP contribution in [0.1, 0.15) is 58.3 Å². The van der Waals surface area contributed by atoms with E-state index in [0.717, 1.165) is 77.7 Å². The van der Waals surface area contributed by atoms with E-state index in [1.807, 2.05) is 49.2 Å². The molecule has 6 rings (SSSR count). The van der Waals surface area contributed by atoms with E-state index in [-0.39, 0.29) is 18.0 Å². The molecule has 1 fully saturated rings. The number of aryl methyl sites for hydroxylation is 5. The predicted octanol–water partition coefficient (Wildman–Crippen LogP) is 6.28. The van der Waals surface area contributed by atoms with Crippen LogP contribution in [0.4, 0.5) is 0 Å². The fourth-order valence-electron chi connectivity index (χ4n) is 6.77. The second-order valence-electron chi connectivity index (χ2n) is 12.1. The first-order valence-electron chi connectivity index (χ1n) is 15.6. The zero-order chi connectivity index (χ0) is 30.6. The second kappa shape index (κ2) is 13.9. The number of carbonyl (C=O) groups is 1. The minimum Gasteiger partial charge on any atom is -0.338 e. The number of fused-ring (bicyclic) bond motifs is 2. The number of amides is 1. The number of rotatable bonds is 9. The number of pyridine rings is 1. The topological polar surface area (TPSA) is 66.3 Å². The molecule has 2 aliphatic rings. The highest BCUT2D eigenvalue weighted by Crippen LogP contribution is 2.38. The van der Waals surface area contributed by atoms with E-state index in [2.05, 4.69) is 72.2 Å². The number of imidazole rings is 1. The Morgan fingerprint density at radius 1 is 1.11 bits per heavy atom. The highest BCUT2D eigenvalue weighted by molar-refractivity contribution is 9.10. The van der Waals surface area contributed by atoms with Gasteiger partial charge in [0.05, 0.1) is 17.4 Å². The van der Waals surface area contributed by atoms with Crippen LogP contribution < -0.4 is 5.32 Å². The van der Waals surface area contributed by atoms with Crippen molar-refractivity contribution in [2.45, 2.75) is 64.7 Å². The summed E-state index contributed by atoms with van der Waals surface area (Å²) >= 11 is 10.1. The third kappa shape index (κ3) is 7.26. The predicted molar refractivity (Wildman–Crippen MR) is 179 cm³/mol. The number of nitrogens with one attached hydrogen (secondary N) is 1. The van der Waals surface area contributed by atoms with Crippen LogP contribution in [0.2, 0.25) is 5.02 Å². The van der Waals surface area contributed by atoms with Crippen LogP contribution in [-0.4, -0.2) is 62.5 Å². The van der Waals surface area contributed by atoms with Gasteiger partial charge in [0, 0.05) is 73.6 Å². The molecule has 1 amide bonds. The summed E-state index contributed by atoms with van der Waals surface area (Å²) in [6.07, 6.45) is 7.17. The van der Waals surface area contributed by atoms with Crippen LogP contribution in [0.3, 0.4) is 0 Å². The van der Waals surface area contributed by atoms with E-state index in [1.54, 1.807) is 0 Å². The van der Waals surface area contributed by atoms with Crippen LogP contribution in [0.15, 0.2) is 71.5 Å². The van der Waals surface area contributed by atoms with Gasteiger partial charge in [0.25, 0.3) is 0 Å². The van der Waals surface area contributed by atoms with Gasteiger partial charge in [-0.05, 0) is 89.5 Å². The minimum atomic E-state index is 0.0230. The molecule has 0 saturated carbocycles. The van der Waals surface area contributed by atoms with Crippen molar-refractivity contribution in [1.82, 2.24) is 29.7 Å². The summed E-state index contributed by atoms with van der Waals surface area (Å²) in [4.78, 5) is 28.0. The van der Waals surface area contributed by atoms with Gasteiger partial charge in [-0.15, -0.1) is 0 Å². The van der Waals surface area contributed by atoms with Crippen molar-refractivity contribution in [1.29, 1.82) is 0 Å². The number of piperazine rings is 1. The lowest BCUT2D eigenvalue weighted by molar-refractivity contribution is -0.132. The van der Waals surface area contributed by atoms with Crippen molar-refractivity contribution in [3.8, 4) is 0 Å². The Morgan fingerprint density at radius 2 is 1.93 bits per heavy atom. The summed E-state index contributed by atoms with van der Waals surface area (Å²) in [7, 11) is 0. The smallest absolute Gasteiger partial charge is 0.224 e. The van der Waals surface area contributed by atoms with Gasteiger partial charge < -0.3 is 14.8 Å². The summed E-state index contributed by atoms with van der Waals surface area (Å²) in [5, 5.41) is 4.43. The van der Waals surface area contributed by atoms with Crippen molar-refractivity contribution in [2.75, 3.05) is 26.2 Å². The van der Waals surface area contributed by atoms with E-state index in [9.17, 15) is 4.79 Å². The summed E-state index contributed by atoms with van der Waals surface area (Å²) in [6.45, 7) is 8.68. The summed E-state index contributed by atoms with van der Waals surface area (Å²) in [6, 6.07) is 18.9. The van der Waals surface area contributed by atoms with E-state index < -0.39 is 0 Å². The molecule has 0 spiro atoms. The average Bonchev–Trinajstić information content (AvgIpc) is 3.24. The van der Waals surface area contributed by atoms with Crippen LogP contribution in [0.25, 0.3) is 0 Å². The third-order valence-electron chi connectivity index (χ3n) is 8.86. The van der Waals surface area contributed by atoms with E-state index in [1.165, 1.54) is 16.7 Å². The Morgan fingerprint density at radius 3 is 2.73 bits per heavy atom. The molecule has 0 bridgehead atoms. The zero-order valence-corrected chi connectivity index (χ0v) is 27.8. The van der Waals surface area contributed by atoms with Crippen molar-refractivity contribution < 1.29 is 4.79 Å². The Hall–Kier alpha value is -3.04. The Kier molecular flexibility index (Phi) is 9.81. The maximum atomic E-state index is 14.0. The summed E-state index contributed by atoms with van der Waals surface area (Å²) in [5.74, 6) is 1.20. The van der Waals surface area contributed by atoms with Crippen LogP contribution >= 0.6 is 27.5 Å². The molecular weight excluding hydrogens is 636 g/mol. The number of aromatic nitrogens is 3. The average molecular weight is 676 g/mol. The Labute approximate surface area is 273 Å². The fraction of sp³-hybridized carbons (Fsp3) is 0.400. The zero-order valence-electron chi connectivity index (χ0n) is 25.5. The molecule has 4 aromatic rings. The lowest BCUT2D eigenvalue weighted by Crippen LogP contribution is -2.53. The third-order valence-corrected chi connectivity index (χ3v) is 9.52. The number of nitrogens with zero attached hydrogens (tertiary/aromatic N) is 5. The van der Waals surface area contributed by atoms with Gasteiger partial charge in [-0.1, -0.05) is 48.0 Å². The normalized spacial score (nSPS) is 18.4. The van der Waals surface area contributed by atoms with E-state index in [4.69, 9.17) is 16.6 Å². The monoisotopic (exact) mass is 674 g/mol. The molecule has 44 heavy (non-hydrogen) atoms. The summed E-state index contributed by atoms with van der Waals surface area (Å²) < 4.78 is 3.18. The van der Waals surface area contributed by atoms with Crippen LogP contribution in [0, 0.1) is 13.8 Å². The number of carbonyl (C=O) groups excluding carboxylic acids is 1. The highest BCUT2D eigenvalue weighted by Gasteiger charge is 2.34. The molecule has 1 aliphatic carbocycles. The second-order valence-corrected chi connectivity index (χ2v) is 13.4. The molecule has 2 aromatic heterocycles. The molecule has 1 N–H and O–H groups in total. The maximum Gasteiger partial charge on any atom is 0.224 e. The first-order valence-corrected chi connectivity index (χ1v) is 16.7. The van der Waals surface area contributed by atoms with Crippen molar-refractivity contribution in [2.24, 2.45) is 0 Å². The van der Waals surface area contributed by atoms with Gasteiger partial charge in [0.1, 0.15) is 5.82 Å². The molecular formula is C35H40BrClN6O. The quantitative estimate of drug-likeness (QED) is 0.226. The molecule has 3 heterocycles. The molecule has 7 nitrogen and oxygen atoms in total. The van der Waals surface area contributed by atoms with Gasteiger partial charge in [-0.3, -0.25) is 14.7 Å². The standard InChI is InChI=1S/C35H40BrClN6O/c1-24-21-41(25(2)40-24)14-6-15-42(22-26-7-4-3-5-8-26)33(44)19-31-23-43(16-13-38-31)35-32-12-11-30(37)18-27(32)9-10-28-17-29(36)20-39-34(28)35/h3-5,7-8,11-12,17-18,20-21,31,35,38H,6,9-10,13-16,19,22-23H2,1-2H3/t31-,35?/m0/s1. The van der Waals surface area contributed by atoms with Crippen LogP contribution in [0.5, 0.6) is 0 Å². The van der Waals surface area contributed by atoms with Crippen molar-refractivity contribution in [3.05, 3.63) is 116 Å². The largest absolute Gasteiger partial charge is 0.338 e. The fourth-order valence-corrected chi connectivity index (χ4v) is 7.34. The Bertz CT molecular complexity index is 1550. The van der Waals surface area contributed by atoms with Gasteiger partial charge in [0.2, 0.25) is 5.91 Å². The van der Waals surface area contributed by atoms with E-state index in [0.29, 0.717) is 19.5 Å². The van der Waals surface area contributed by atoms with Gasteiger partial charge in [0.15, 0.2) is 0 Å². The van der Waals surface area contributed by atoms with Crippen molar-refractivity contribution >= 4 is 33.4 Å². The number of hydrogen-bond donors (Lipinski definition) is 1. The molecule has 1 unspecified atom stereocenters. The Balaban J connectivity index is 1.19. The first-order chi connectivity index (χ1) is 21.3. The van der Waals surface area contributed by atoms with Crippen molar-refractivity contribution in [3.63, 3.8) is 0 Å². The number of hydrogen-bond acceptors (Lipinski definition) is 5. The molecule has 230 valence electrons. The lowest BCUT2D eigenvalue weighted by Gasteiger charge is -2.40. The lowest BCUT2D eigenvalue weighted by atomic mass is 9.95. The molecule has 9 heteroatoms. The van der Waals surface area contributed by atoms with Gasteiger partial charge in [-0.25, -0.2) is 4.98 Å². The molecule has 2 aromatic carbocycles. The SMILES string of the molecule is Cc1cn(CCCN(Cc2ccccc2)C(=O)C[C@H]2CN(C3c4ccc(Cl)cc4CCc4cc(Br)cnc43)CCN2)c(C)n1. The molecule has 1 aliphatic heterocycles. The van der Waals surface area contributed by atoms with E-state index >= 15 is 0 Å².